The van der Waals surface area contributed by atoms with Crippen molar-refractivity contribution in [3.8, 4) is 0 Å². The van der Waals surface area contributed by atoms with Gasteiger partial charge in [0.25, 0.3) is 5.91 Å². The summed E-state index contributed by atoms with van der Waals surface area (Å²) in [6.07, 6.45) is 0.659. The minimum absolute atomic E-state index is 0.190. The normalized spacial score (nSPS) is 11.3. The molecule has 0 spiro atoms. The average molecular weight is 296 g/mol. The Morgan fingerprint density at radius 2 is 1.55 bits per heavy atom. The topological polar surface area (TPSA) is 75.3 Å². The minimum Gasteiger partial charge on any atom is -0.343 e. The fourth-order valence-electron chi connectivity index (χ4n) is 1.93. The van der Waals surface area contributed by atoms with Crippen LogP contribution in [0, 0.1) is 0 Å². The van der Waals surface area contributed by atoms with Crippen LogP contribution in [0.3, 0.4) is 0 Å². The van der Waals surface area contributed by atoms with E-state index in [1.54, 1.807) is 54.6 Å². The van der Waals surface area contributed by atoms with E-state index >= 15 is 0 Å². The first kappa shape index (κ1) is 15.4. The van der Waals surface area contributed by atoms with Crippen molar-refractivity contribution in [2.24, 2.45) is 0 Å². The van der Waals surface area contributed by atoms with E-state index in [1.165, 1.54) is 0 Å². The second kappa shape index (κ2) is 7.73. The number of amides is 2. The van der Waals surface area contributed by atoms with Crippen molar-refractivity contribution < 1.29 is 14.4 Å². The Balaban J connectivity index is 1.87. The van der Waals surface area contributed by atoms with Gasteiger partial charge in [-0.25, -0.2) is 0 Å². The van der Waals surface area contributed by atoms with E-state index in [-0.39, 0.29) is 12.5 Å². The molecule has 0 aromatic heterocycles. The fraction of sp³-hybridized carbons (Fsp3) is 0.118. The summed E-state index contributed by atoms with van der Waals surface area (Å²) in [6.45, 7) is -0.190. The van der Waals surface area contributed by atoms with Gasteiger partial charge in [-0.3, -0.25) is 9.59 Å². The molecule has 0 bridgehead atoms. The monoisotopic (exact) mass is 296 g/mol. The molecule has 2 aromatic carbocycles. The van der Waals surface area contributed by atoms with Crippen LogP contribution in [0.2, 0.25) is 0 Å². The van der Waals surface area contributed by atoms with E-state index in [0.717, 1.165) is 0 Å². The summed E-state index contributed by atoms with van der Waals surface area (Å²) in [7, 11) is 0. The van der Waals surface area contributed by atoms with Crippen molar-refractivity contribution in [2.45, 2.75) is 6.04 Å². The highest BCUT2D eigenvalue weighted by molar-refractivity contribution is 5.96. The highest BCUT2D eigenvalue weighted by atomic mass is 16.2. The molecule has 0 saturated carbocycles. The molecule has 5 nitrogen and oxygen atoms in total. The second-order valence-electron chi connectivity index (χ2n) is 4.64. The lowest BCUT2D eigenvalue weighted by atomic mass is 10.1. The summed E-state index contributed by atoms with van der Waals surface area (Å²) < 4.78 is 0. The summed E-state index contributed by atoms with van der Waals surface area (Å²) in [5.74, 6) is -0.761. The van der Waals surface area contributed by atoms with Crippen molar-refractivity contribution in [3.05, 3.63) is 71.8 Å². The van der Waals surface area contributed by atoms with Crippen LogP contribution in [0.15, 0.2) is 60.7 Å². The zero-order valence-corrected chi connectivity index (χ0v) is 11.9. The highest BCUT2D eigenvalue weighted by Gasteiger charge is 2.14. The van der Waals surface area contributed by atoms with Gasteiger partial charge < -0.3 is 15.4 Å². The molecular formula is C17H16N2O3. The second-order valence-corrected chi connectivity index (χ2v) is 4.64. The first-order chi connectivity index (χ1) is 10.7. The molecule has 0 radical (unpaired) electrons. The molecule has 0 aliphatic heterocycles. The van der Waals surface area contributed by atoms with E-state index in [0.29, 0.717) is 17.4 Å². The van der Waals surface area contributed by atoms with Gasteiger partial charge >= 0.3 is 0 Å². The van der Waals surface area contributed by atoms with E-state index < -0.39 is 11.9 Å². The zero-order valence-electron chi connectivity index (χ0n) is 11.9. The molecule has 22 heavy (non-hydrogen) atoms. The van der Waals surface area contributed by atoms with Crippen molar-refractivity contribution in [3.63, 3.8) is 0 Å². The average Bonchev–Trinajstić information content (AvgIpc) is 2.59. The molecule has 1 atom stereocenters. The first-order valence-corrected chi connectivity index (χ1v) is 6.83. The molecule has 2 aromatic rings. The summed E-state index contributed by atoms with van der Waals surface area (Å²) in [6, 6.07) is 16.8. The Labute approximate surface area is 128 Å². The SMILES string of the molecule is O=CC(NC(=O)CNC(=O)c1ccccc1)c1ccccc1. The molecule has 5 heteroatoms. The molecule has 1 unspecified atom stereocenters. The van der Waals surface area contributed by atoms with Gasteiger partial charge in [-0.05, 0) is 17.7 Å². The largest absolute Gasteiger partial charge is 0.343 e. The molecule has 0 saturated heterocycles. The third-order valence-electron chi connectivity index (χ3n) is 3.06. The number of carbonyl (C=O) groups excluding carboxylic acids is 3. The standard InChI is InChI=1S/C17H16N2O3/c20-12-15(13-7-3-1-4-8-13)19-16(21)11-18-17(22)14-9-5-2-6-10-14/h1-10,12,15H,11H2,(H,18,22)(H,19,21). The molecule has 2 rings (SSSR count). The smallest absolute Gasteiger partial charge is 0.251 e. The van der Waals surface area contributed by atoms with E-state index in [2.05, 4.69) is 10.6 Å². The maximum atomic E-state index is 11.8. The number of nitrogens with one attached hydrogen (secondary N) is 2. The Morgan fingerprint density at radius 1 is 0.955 bits per heavy atom. The highest BCUT2D eigenvalue weighted by Crippen LogP contribution is 2.09. The number of carbonyl (C=O) groups is 3. The number of rotatable bonds is 6. The van der Waals surface area contributed by atoms with E-state index in [9.17, 15) is 14.4 Å². The van der Waals surface area contributed by atoms with Crippen molar-refractivity contribution in [1.82, 2.24) is 10.6 Å². The summed E-state index contributed by atoms with van der Waals surface area (Å²) >= 11 is 0. The van der Waals surface area contributed by atoms with Crippen LogP contribution in [-0.4, -0.2) is 24.6 Å². The number of hydrogen-bond acceptors (Lipinski definition) is 3. The van der Waals surface area contributed by atoms with Gasteiger partial charge in [-0.15, -0.1) is 0 Å². The molecular weight excluding hydrogens is 280 g/mol. The maximum absolute atomic E-state index is 11.8. The van der Waals surface area contributed by atoms with Gasteiger partial charge in [0.2, 0.25) is 5.91 Å². The van der Waals surface area contributed by atoms with Gasteiger partial charge in [0.05, 0.1) is 6.54 Å². The number of benzene rings is 2. The third kappa shape index (κ3) is 4.28. The van der Waals surface area contributed by atoms with Crippen LogP contribution < -0.4 is 10.6 Å². The molecule has 0 fully saturated rings. The number of hydrogen-bond donors (Lipinski definition) is 2. The Hall–Kier alpha value is -2.95. The summed E-state index contributed by atoms with van der Waals surface area (Å²) in [5, 5.41) is 5.08. The van der Waals surface area contributed by atoms with E-state index in [1.807, 2.05) is 6.07 Å². The van der Waals surface area contributed by atoms with Gasteiger partial charge in [-0.1, -0.05) is 48.5 Å². The van der Waals surface area contributed by atoms with E-state index in [4.69, 9.17) is 0 Å². The van der Waals surface area contributed by atoms with Crippen molar-refractivity contribution >= 4 is 18.1 Å². The molecule has 2 N–H and O–H groups in total. The Morgan fingerprint density at radius 3 is 2.14 bits per heavy atom. The van der Waals surface area contributed by atoms with Crippen molar-refractivity contribution in [1.29, 1.82) is 0 Å². The van der Waals surface area contributed by atoms with Gasteiger partial charge in [0.15, 0.2) is 0 Å². The van der Waals surface area contributed by atoms with Crippen LogP contribution in [0.25, 0.3) is 0 Å². The third-order valence-corrected chi connectivity index (χ3v) is 3.06. The molecule has 0 heterocycles. The predicted molar refractivity (Wildman–Crippen MR) is 82.2 cm³/mol. The minimum atomic E-state index is -0.720. The van der Waals surface area contributed by atoms with Crippen LogP contribution in [0.4, 0.5) is 0 Å². The lowest BCUT2D eigenvalue weighted by molar-refractivity contribution is -0.123. The van der Waals surface area contributed by atoms with Gasteiger partial charge in [-0.2, -0.15) is 0 Å². The predicted octanol–water partition coefficient (Wildman–Crippen LogP) is 1.47. The van der Waals surface area contributed by atoms with Crippen LogP contribution >= 0.6 is 0 Å². The molecule has 0 aliphatic carbocycles. The molecule has 0 aliphatic rings. The lowest BCUT2D eigenvalue weighted by Gasteiger charge is -2.13. The van der Waals surface area contributed by atoms with Crippen LogP contribution in [0.5, 0.6) is 0 Å². The van der Waals surface area contributed by atoms with Crippen molar-refractivity contribution in [2.75, 3.05) is 6.54 Å². The molecule has 112 valence electrons. The summed E-state index contributed by atoms with van der Waals surface area (Å²) in [4.78, 5) is 34.7. The Kier molecular flexibility index (Phi) is 5.43. The summed E-state index contributed by atoms with van der Waals surface area (Å²) in [5.41, 5.74) is 1.17. The van der Waals surface area contributed by atoms with Gasteiger partial charge in [0.1, 0.15) is 12.3 Å². The zero-order chi connectivity index (χ0) is 15.8. The fourth-order valence-corrected chi connectivity index (χ4v) is 1.93. The quantitative estimate of drug-likeness (QED) is 0.793. The number of aldehydes is 1. The van der Waals surface area contributed by atoms with Crippen LogP contribution in [-0.2, 0) is 9.59 Å². The lowest BCUT2D eigenvalue weighted by Crippen LogP contribution is -2.39. The Bertz CT molecular complexity index is 641. The molecule has 2 amide bonds. The van der Waals surface area contributed by atoms with Crippen LogP contribution in [0.1, 0.15) is 22.0 Å². The maximum Gasteiger partial charge on any atom is 0.251 e. The first-order valence-electron chi connectivity index (χ1n) is 6.83. The van der Waals surface area contributed by atoms with Gasteiger partial charge in [0, 0.05) is 5.56 Å².